The number of nitrogens with one attached hydrogen (secondary N) is 1. The summed E-state index contributed by atoms with van der Waals surface area (Å²) in [6, 6.07) is 9.27. The summed E-state index contributed by atoms with van der Waals surface area (Å²) in [5, 5.41) is 3.72. The van der Waals surface area contributed by atoms with E-state index in [1.807, 2.05) is 0 Å². The van der Waals surface area contributed by atoms with Crippen molar-refractivity contribution < 1.29 is 0 Å². The molecule has 0 fully saturated rings. The van der Waals surface area contributed by atoms with Crippen LogP contribution in [-0.2, 0) is 6.54 Å². The Morgan fingerprint density at radius 1 is 1.05 bits per heavy atom. The summed E-state index contributed by atoms with van der Waals surface area (Å²) < 4.78 is 0. The maximum Gasteiger partial charge on any atom is 0.0388 e. The van der Waals surface area contributed by atoms with E-state index in [2.05, 4.69) is 69.1 Å². The lowest BCUT2D eigenvalue weighted by Gasteiger charge is -2.25. The smallest absolute Gasteiger partial charge is 0.0388 e. The van der Waals surface area contributed by atoms with E-state index in [0.717, 1.165) is 26.1 Å². The molecule has 0 saturated heterocycles. The molecule has 0 aliphatic rings. The van der Waals surface area contributed by atoms with Crippen LogP contribution in [0, 0.1) is 5.92 Å². The van der Waals surface area contributed by atoms with E-state index in [9.17, 15) is 0 Å². The van der Waals surface area contributed by atoms with Crippen molar-refractivity contribution in [3.8, 4) is 0 Å². The van der Waals surface area contributed by atoms with Crippen molar-refractivity contribution in [2.75, 3.05) is 18.4 Å². The number of rotatable bonds is 8. The van der Waals surface area contributed by atoms with Crippen LogP contribution >= 0.6 is 0 Å². The molecule has 1 N–H and O–H groups in total. The van der Waals surface area contributed by atoms with Gasteiger partial charge in [-0.2, -0.15) is 0 Å². The van der Waals surface area contributed by atoms with Gasteiger partial charge < -0.3 is 5.32 Å². The summed E-state index contributed by atoms with van der Waals surface area (Å²) in [5.41, 5.74) is 2.71. The molecule has 0 saturated carbocycles. The zero-order valence-electron chi connectivity index (χ0n) is 13.2. The van der Waals surface area contributed by atoms with Gasteiger partial charge in [0.1, 0.15) is 0 Å². The van der Waals surface area contributed by atoms with Crippen molar-refractivity contribution >= 4 is 5.69 Å². The lowest BCUT2D eigenvalue weighted by Crippen LogP contribution is -2.27. The summed E-state index contributed by atoms with van der Waals surface area (Å²) in [5.74, 6) is 0.659. The monoisotopic (exact) mass is 262 g/mol. The molecule has 0 amide bonds. The van der Waals surface area contributed by atoms with Crippen LogP contribution in [0.15, 0.2) is 24.3 Å². The largest absolute Gasteiger partial charge is 0.382 e. The molecule has 1 aromatic carbocycles. The zero-order valence-corrected chi connectivity index (χ0v) is 13.2. The van der Waals surface area contributed by atoms with E-state index in [1.165, 1.54) is 11.3 Å². The Kier molecular flexibility index (Phi) is 6.93. The predicted molar refractivity (Wildman–Crippen MR) is 85.6 cm³/mol. The first-order valence-corrected chi connectivity index (χ1v) is 7.69. The highest BCUT2D eigenvalue weighted by atomic mass is 15.1. The Morgan fingerprint density at radius 3 is 2.21 bits per heavy atom. The second-order valence-electron chi connectivity index (χ2n) is 5.52. The number of nitrogens with zero attached hydrogens (tertiary/aromatic N) is 1. The average Bonchev–Trinajstić information content (AvgIpc) is 2.42. The van der Waals surface area contributed by atoms with E-state index < -0.39 is 0 Å². The highest BCUT2D eigenvalue weighted by molar-refractivity contribution is 5.51. The molecule has 0 spiro atoms. The standard InChI is InChI=1S/C17H30N2/c1-6-16(14(4)5)18-17-12-10-9-11-15(17)13-19(7-2)8-3/h9-12,14,16,18H,6-8,13H2,1-5H3. The third kappa shape index (κ3) is 4.87. The Balaban J connectivity index is 2.83. The molecule has 0 aliphatic heterocycles. The minimum atomic E-state index is 0.554. The first-order valence-electron chi connectivity index (χ1n) is 7.69. The maximum atomic E-state index is 3.72. The van der Waals surface area contributed by atoms with Gasteiger partial charge in [-0.3, -0.25) is 4.90 Å². The van der Waals surface area contributed by atoms with Crippen molar-refractivity contribution in [3.05, 3.63) is 29.8 Å². The van der Waals surface area contributed by atoms with Crippen molar-refractivity contribution in [2.45, 2.75) is 53.6 Å². The lowest BCUT2D eigenvalue weighted by molar-refractivity contribution is 0.296. The highest BCUT2D eigenvalue weighted by Gasteiger charge is 2.13. The molecule has 0 aromatic heterocycles. The maximum absolute atomic E-state index is 3.72. The second kappa shape index (κ2) is 8.21. The Bertz CT molecular complexity index is 356. The first-order chi connectivity index (χ1) is 9.12. The summed E-state index contributed by atoms with van der Waals surface area (Å²) >= 11 is 0. The quantitative estimate of drug-likeness (QED) is 0.748. The molecule has 1 rings (SSSR count). The molecule has 2 heteroatoms. The van der Waals surface area contributed by atoms with Gasteiger partial charge in [0.2, 0.25) is 0 Å². The molecule has 0 heterocycles. The third-order valence-corrected chi connectivity index (χ3v) is 3.89. The van der Waals surface area contributed by atoms with Crippen LogP contribution in [0.3, 0.4) is 0 Å². The number of para-hydroxylation sites is 1. The Labute approximate surface area is 119 Å². The Morgan fingerprint density at radius 2 is 1.68 bits per heavy atom. The van der Waals surface area contributed by atoms with Crippen LogP contribution in [0.1, 0.15) is 46.6 Å². The van der Waals surface area contributed by atoms with Gasteiger partial charge in [-0.05, 0) is 37.1 Å². The number of anilines is 1. The summed E-state index contributed by atoms with van der Waals surface area (Å²) in [6.07, 6.45) is 1.16. The van der Waals surface area contributed by atoms with E-state index in [0.29, 0.717) is 12.0 Å². The van der Waals surface area contributed by atoms with Gasteiger partial charge >= 0.3 is 0 Å². The molecule has 108 valence electrons. The van der Waals surface area contributed by atoms with E-state index in [4.69, 9.17) is 0 Å². The van der Waals surface area contributed by atoms with Crippen LogP contribution in [0.4, 0.5) is 5.69 Å². The van der Waals surface area contributed by atoms with Gasteiger partial charge in [-0.25, -0.2) is 0 Å². The van der Waals surface area contributed by atoms with Crippen LogP contribution < -0.4 is 5.32 Å². The van der Waals surface area contributed by atoms with Crippen LogP contribution in [-0.4, -0.2) is 24.0 Å². The van der Waals surface area contributed by atoms with E-state index in [-0.39, 0.29) is 0 Å². The molecule has 1 unspecified atom stereocenters. The van der Waals surface area contributed by atoms with E-state index in [1.54, 1.807) is 0 Å². The lowest BCUT2D eigenvalue weighted by atomic mass is 10.0. The fourth-order valence-corrected chi connectivity index (χ4v) is 2.43. The fraction of sp³-hybridized carbons (Fsp3) is 0.647. The third-order valence-electron chi connectivity index (χ3n) is 3.89. The van der Waals surface area contributed by atoms with Crippen LogP contribution in [0.25, 0.3) is 0 Å². The molecule has 0 bridgehead atoms. The molecule has 0 aliphatic carbocycles. The molecular formula is C17H30N2. The fourth-order valence-electron chi connectivity index (χ4n) is 2.43. The van der Waals surface area contributed by atoms with Crippen molar-refractivity contribution in [1.29, 1.82) is 0 Å². The van der Waals surface area contributed by atoms with Crippen LogP contribution in [0.5, 0.6) is 0 Å². The number of benzene rings is 1. The van der Waals surface area contributed by atoms with Gasteiger partial charge in [0.15, 0.2) is 0 Å². The van der Waals surface area contributed by atoms with Crippen molar-refractivity contribution in [2.24, 2.45) is 5.92 Å². The van der Waals surface area contributed by atoms with Gasteiger partial charge in [0, 0.05) is 18.3 Å². The minimum Gasteiger partial charge on any atom is -0.382 e. The first kappa shape index (κ1) is 16.0. The molecule has 1 aromatic rings. The zero-order chi connectivity index (χ0) is 14.3. The van der Waals surface area contributed by atoms with Gasteiger partial charge in [-0.15, -0.1) is 0 Å². The van der Waals surface area contributed by atoms with Crippen LogP contribution in [0.2, 0.25) is 0 Å². The topological polar surface area (TPSA) is 15.3 Å². The molecule has 1 atom stereocenters. The molecular weight excluding hydrogens is 232 g/mol. The second-order valence-corrected chi connectivity index (χ2v) is 5.52. The number of hydrogen-bond donors (Lipinski definition) is 1. The normalized spacial score (nSPS) is 13.0. The van der Waals surface area contributed by atoms with Crippen molar-refractivity contribution in [1.82, 2.24) is 4.90 Å². The van der Waals surface area contributed by atoms with E-state index >= 15 is 0 Å². The summed E-state index contributed by atoms with van der Waals surface area (Å²) in [4.78, 5) is 2.46. The van der Waals surface area contributed by atoms with Crippen molar-refractivity contribution in [3.63, 3.8) is 0 Å². The summed E-state index contributed by atoms with van der Waals surface area (Å²) in [7, 11) is 0. The van der Waals surface area contributed by atoms with Gasteiger partial charge in [0.25, 0.3) is 0 Å². The SMILES string of the molecule is CCC(Nc1ccccc1CN(CC)CC)C(C)C. The average molecular weight is 262 g/mol. The molecule has 2 nitrogen and oxygen atoms in total. The Hall–Kier alpha value is -1.02. The highest BCUT2D eigenvalue weighted by Crippen LogP contribution is 2.21. The number of hydrogen-bond acceptors (Lipinski definition) is 2. The molecule has 19 heavy (non-hydrogen) atoms. The molecule has 0 radical (unpaired) electrons. The predicted octanol–water partition coefficient (Wildman–Crippen LogP) is 4.37. The van der Waals surface area contributed by atoms with Gasteiger partial charge in [-0.1, -0.05) is 52.8 Å². The summed E-state index contributed by atoms with van der Waals surface area (Å²) in [6.45, 7) is 14.5. The minimum absolute atomic E-state index is 0.554. The van der Waals surface area contributed by atoms with Gasteiger partial charge in [0.05, 0.1) is 0 Å².